The minimum atomic E-state index is -0.602. The molecule has 0 amide bonds. The zero-order chi connectivity index (χ0) is 20.4. The highest BCUT2D eigenvalue weighted by Crippen LogP contribution is 2.41. The van der Waals surface area contributed by atoms with Gasteiger partial charge in [0.05, 0.1) is 19.8 Å². The van der Waals surface area contributed by atoms with Gasteiger partial charge < -0.3 is 19.3 Å². The molecule has 0 saturated carbocycles. The van der Waals surface area contributed by atoms with Crippen LogP contribution in [-0.2, 0) is 0 Å². The van der Waals surface area contributed by atoms with Crippen molar-refractivity contribution >= 4 is 11.9 Å². The van der Waals surface area contributed by atoms with Crippen molar-refractivity contribution in [1.82, 2.24) is 0 Å². The molecule has 0 bridgehead atoms. The second-order valence-corrected chi connectivity index (χ2v) is 6.62. The first-order valence-electron chi connectivity index (χ1n) is 9.13. The molecule has 0 saturated heterocycles. The van der Waals surface area contributed by atoms with Crippen LogP contribution in [0, 0.1) is 0 Å². The monoisotopic (exact) mass is 388 g/mol. The highest BCUT2D eigenvalue weighted by atomic mass is 16.5. The van der Waals surface area contributed by atoms with E-state index >= 15 is 0 Å². The third-order valence-corrected chi connectivity index (χ3v) is 4.87. The Morgan fingerprint density at radius 2 is 1.72 bits per heavy atom. The average molecular weight is 388 g/mol. The van der Waals surface area contributed by atoms with Crippen molar-refractivity contribution < 1.29 is 24.1 Å². The molecule has 3 aromatic carbocycles. The van der Waals surface area contributed by atoms with E-state index in [1.807, 2.05) is 48.5 Å². The number of ketones is 1. The van der Waals surface area contributed by atoms with Gasteiger partial charge in [0.15, 0.2) is 11.9 Å². The topological polar surface area (TPSA) is 65.0 Å². The summed E-state index contributed by atoms with van der Waals surface area (Å²) in [6, 6.07) is 19.4. The molecule has 4 rings (SSSR count). The Kier molecular flexibility index (Phi) is 4.96. The molecule has 1 unspecified atom stereocenters. The molecular formula is C24H20O5. The molecule has 5 nitrogen and oxygen atoms in total. The van der Waals surface area contributed by atoms with Crippen LogP contribution < -0.4 is 14.2 Å². The van der Waals surface area contributed by atoms with Crippen LogP contribution in [0.4, 0.5) is 0 Å². The second kappa shape index (κ2) is 7.72. The molecule has 0 aromatic heterocycles. The number of ether oxygens (including phenoxy) is 3. The molecule has 1 N–H and O–H groups in total. The smallest absolute Gasteiger partial charge is 0.196 e. The summed E-state index contributed by atoms with van der Waals surface area (Å²) in [4.78, 5) is 13.4. The number of phenols is 1. The van der Waals surface area contributed by atoms with E-state index in [-0.39, 0.29) is 11.5 Å². The van der Waals surface area contributed by atoms with E-state index in [1.165, 1.54) is 12.1 Å². The normalized spacial score (nSPS) is 16.8. The fourth-order valence-electron chi connectivity index (χ4n) is 3.38. The molecule has 1 aliphatic rings. The summed E-state index contributed by atoms with van der Waals surface area (Å²) in [5.74, 6) is 1.62. The minimum Gasteiger partial charge on any atom is -0.508 e. The van der Waals surface area contributed by atoms with Crippen molar-refractivity contribution in [1.29, 1.82) is 0 Å². The number of hydrogen-bond donors (Lipinski definition) is 1. The third-order valence-electron chi connectivity index (χ3n) is 4.87. The number of para-hydroxylation sites is 1. The van der Waals surface area contributed by atoms with E-state index in [2.05, 4.69) is 0 Å². The molecule has 0 aliphatic carbocycles. The quantitative estimate of drug-likeness (QED) is 0.650. The second-order valence-electron chi connectivity index (χ2n) is 6.62. The summed E-state index contributed by atoms with van der Waals surface area (Å²) in [5, 5.41) is 9.84. The molecule has 29 heavy (non-hydrogen) atoms. The van der Waals surface area contributed by atoms with Crippen LogP contribution in [0.5, 0.6) is 23.0 Å². The molecule has 1 atom stereocenters. The number of rotatable bonds is 4. The number of fused-ring (bicyclic) bond motifs is 1. The third kappa shape index (κ3) is 3.55. The van der Waals surface area contributed by atoms with Gasteiger partial charge in [-0.2, -0.15) is 0 Å². The van der Waals surface area contributed by atoms with Crippen molar-refractivity contribution in [2.45, 2.75) is 6.10 Å². The van der Waals surface area contributed by atoms with E-state index in [4.69, 9.17) is 14.2 Å². The van der Waals surface area contributed by atoms with Gasteiger partial charge in [-0.05, 0) is 48.0 Å². The number of phenolic OH excluding ortho intramolecular Hbond substituents is 1. The Morgan fingerprint density at radius 3 is 2.45 bits per heavy atom. The fraction of sp³-hybridized carbons (Fsp3) is 0.125. The van der Waals surface area contributed by atoms with Gasteiger partial charge in [-0.15, -0.1) is 0 Å². The van der Waals surface area contributed by atoms with Crippen molar-refractivity contribution in [2.75, 3.05) is 14.2 Å². The van der Waals surface area contributed by atoms with E-state index in [9.17, 15) is 9.90 Å². The molecule has 146 valence electrons. The summed E-state index contributed by atoms with van der Waals surface area (Å²) in [5.41, 5.74) is 2.37. The van der Waals surface area contributed by atoms with Crippen LogP contribution in [0.15, 0.2) is 72.3 Å². The van der Waals surface area contributed by atoms with E-state index in [0.717, 1.165) is 16.9 Å². The maximum Gasteiger partial charge on any atom is 0.196 e. The Hall–Kier alpha value is -3.73. The summed E-state index contributed by atoms with van der Waals surface area (Å²) < 4.78 is 16.9. The SMILES string of the molecule is COc1ccc(C2Oc3ccc(O)cc3C(=O)C2=Cc2ccccc2OC)cc1. The number of carbonyl (C=O) groups is 1. The van der Waals surface area contributed by atoms with Crippen molar-refractivity contribution in [2.24, 2.45) is 0 Å². The molecule has 0 fully saturated rings. The van der Waals surface area contributed by atoms with Gasteiger partial charge in [-0.1, -0.05) is 30.3 Å². The van der Waals surface area contributed by atoms with Crippen molar-refractivity contribution in [3.63, 3.8) is 0 Å². The molecule has 0 radical (unpaired) electrons. The number of aromatic hydroxyl groups is 1. The Labute approximate surface area is 168 Å². The first-order chi connectivity index (χ1) is 14.1. The van der Waals surface area contributed by atoms with Gasteiger partial charge in [-0.3, -0.25) is 4.79 Å². The van der Waals surface area contributed by atoms with Gasteiger partial charge in [0.1, 0.15) is 23.0 Å². The number of methoxy groups -OCH3 is 2. The zero-order valence-electron chi connectivity index (χ0n) is 16.1. The summed E-state index contributed by atoms with van der Waals surface area (Å²) in [6.07, 6.45) is 1.18. The van der Waals surface area contributed by atoms with Crippen LogP contribution >= 0.6 is 0 Å². The minimum absolute atomic E-state index is 0.0141. The number of hydrogen-bond acceptors (Lipinski definition) is 5. The van der Waals surface area contributed by atoms with Crippen LogP contribution in [0.3, 0.4) is 0 Å². The van der Waals surface area contributed by atoms with E-state index < -0.39 is 6.10 Å². The van der Waals surface area contributed by atoms with Crippen LogP contribution in [0.2, 0.25) is 0 Å². The fourth-order valence-corrected chi connectivity index (χ4v) is 3.38. The van der Waals surface area contributed by atoms with E-state index in [1.54, 1.807) is 26.4 Å². The summed E-state index contributed by atoms with van der Waals surface area (Å²) >= 11 is 0. The highest BCUT2D eigenvalue weighted by Gasteiger charge is 2.33. The lowest BCUT2D eigenvalue weighted by Gasteiger charge is -2.28. The molecule has 1 heterocycles. The molecule has 5 heteroatoms. The molecule has 3 aromatic rings. The summed E-state index contributed by atoms with van der Waals surface area (Å²) in [7, 11) is 3.19. The highest BCUT2D eigenvalue weighted by molar-refractivity contribution is 6.15. The van der Waals surface area contributed by atoms with Gasteiger partial charge in [-0.25, -0.2) is 0 Å². The predicted molar refractivity (Wildman–Crippen MR) is 110 cm³/mol. The van der Waals surface area contributed by atoms with Gasteiger partial charge in [0.25, 0.3) is 0 Å². The van der Waals surface area contributed by atoms with Gasteiger partial charge in [0.2, 0.25) is 0 Å². The Bertz CT molecular complexity index is 1080. The largest absolute Gasteiger partial charge is 0.508 e. The molecular weight excluding hydrogens is 368 g/mol. The Balaban J connectivity index is 1.87. The maximum absolute atomic E-state index is 13.4. The molecule has 1 aliphatic heterocycles. The van der Waals surface area contributed by atoms with Crippen molar-refractivity contribution in [3.05, 3.63) is 89.0 Å². The first kappa shape index (κ1) is 18.6. The van der Waals surface area contributed by atoms with Gasteiger partial charge >= 0.3 is 0 Å². The average Bonchev–Trinajstić information content (AvgIpc) is 2.76. The lowest BCUT2D eigenvalue weighted by molar-refractivity contribution is 0.0963. The number of benzene rings is 3. The van der Waals surface area contributed by atoms with Gasteiger partial charge in [0, 0.05) is 11.1 Å². The van der Waals surface area contributed by atoms with Crippen LogP contribution in [0.1, 0.15) is 27.6 Å². The standard InChI is InChI=1S/C24H20O5/c1-27-18-10-7-15(8-11-18)24-20(13-16-5-3-4-6-21(16)28-2)23(26)19-14-17(25)9-12-22(19)29-24/h3-14,24-25H,1-2H3. The lowest BCUT2D eigenvalue weighted by atomic mass is 9.89. The maximum atomic E-state index is 13.4. The lowest BCUT2D eigenvalue weighted by Crippen LogP contribution is -2.23. The van der Waals surface area contributed by atoms with Crippen LogP contribution in [-0.4, -0.2) is 25.1 Å². The Morgan fingerprint density at radius 1 is 0.966 bits per heavy atom. The zero-order valence-corrected chi connectivity index (χ0v) is 16.1. The van der Waals surface area contributed by atoms with Crippen molar-refractivity contribution in [3.8, 4) is 23.0 Å². The number of Topliss-reactive ketones (excluding diaryl/α,β-unsaturated/α-hetero) is 1. The summed E-state index contributed by atoms with van der Waals surface area (Å²) in [6.45, 7) is 0. The van der Waals surface area contributed by atoms with Crippen LogP contribution in [0.25, 0.3) is 6.08 Å². The number of carbonyl (C=O) groups excluding carboxylic acids is 1. The predicted octanol–water partition coefficient (Wildman–Crippen LogP) is 4.81. The molecule has 0 spiro atoms. The first-order valence-corrected chi connectivity index (χ1v) is 9.13. The van der Waals surface area contributed by atoms with E-state index in [0.29, 0.717) is 22.6 Å².